The third-order valence-electron chi connectivity index (χ3n) is 4.67. The molecule has 2 fully saturated rings. The van der Waals surface area contributed by atoms with Crippen molar-refractivity contribution in [1.29, 1.82) is 0 Å². The van der Waals surface area contributed by atoms with Crippen LogP contribution in [0.1, 0.15) is 18.4 Å². The number of hydrogen-bond donors (Lipinski definition) is 1. The second kappa shape index (κ2) is 8.19. The van der Waals surface area contributed by atoms with E-state index in [1.54, 1.807) is 4.90 Å². The number of halogens is 3. The normalized spacial score (nSPS) is 20.2. The van der Waals surface area contributed by atoms with E-state index in [-0.39, 0.29) is 37.7 Å². The molecule has 1 N–H and O–H groups in total. The molecule has 2 aliphatic rings. The summed E-state index contributed by atoms with van der Waals surface area (Å²) < 4.78 is 70.5. The van der Waals surface area contributed by atoms with Crippen LogP contribution in [0.5, 0.6) is 0 Å². The van der Waals surface area contributed by atoms with Crippen LogP contribution in [0.2, 0.25) is 0 Å². The Morgan fingerprint density at radius 3 is 2.45 bits per heavy atom. The van der Waals surface area contributed by atoms with Gasteiger partial charge in [-0.2, -0.15) is 13.2 Å². The molecule has 0 unspecified atom stereocenters. The summed E-state index contributed by atoms with van der Waals surface area (Å²) in [6.07, 6.45) is 0.0756. The van der Waals surface area contributed by atoms with Crippen molar-refractivity contribution in [3.8, 4) is 0 Å². The molecule has 3 rings (SSSR count). The summed E-state index contributed by atoms with van der Waals surface area (Å²) in [5, 5.41) is 2.60. The molecule has 0 saturated carbocycles. The van der Waals surface area contributed by atoms with Gasteiger partial charge in [0.25, 0.3) is 9.84 Å². The number of rotatable bonds is 7. The zero-order valence-electron chi connectivity index (χ0n) is 15.1. The molecule has 12 heteroatoms. The summed E-state index contributed by atoms with van der Waals surface area (Å²) in [4.78, 5) is 23.8. The van der Waals surface area contributed by atoms with Crippen LogP contribution in [0.15, 0.2) is 29.2 Å². The third kappa shape index (κ3) is 4.99. The van der Waals surface area contributed by atoms with Crippen molar-refractivity contribution in [2.24, 2.45) is 0 Å². The average Bonchev–Trinajstić information content (AvgIpc) is 3.03. The van der Waals surface area contributed by atoms with Crippen molar-refractivity contribution in [3.05, 3.63) is 29.8 Å². The molecule has 8 nitrogen and oxygen atoms in total. The van der Waals surface area contributed by atoms with Crippen molar-refractivity contribution in [1.82, 2.24) is 10.2 Å². The Bertz CT molecular complexity index is 866. The molecule has 2 heterocycles. The van der Waals surface area contributed by atoms with E-state index in [4.69, 9.17) is 9.47 Å². The zero-order chi connectivity index (χ0) is 21.2. The fourth-order valence-electron chi connectivity index (χ4n) is 2.90. The third-order valence-corrected chi connectivity index (χ3v) is 6.17. The first kappa shape index (κ1) is 21.4. The summed E-state index contributed by atoms with van der Waals surface area (Å²) in [6.45, 7) is 1.13. The Kier molecular flexibility index (Phi) is 6.03. The lowest BCUT2D eigenvalue weighted by atomic mass is 10.1. The number of benzene rings is 1. The molecule has 2 aliphatic heterocycles. The van der Waals surface area contributed by atoms with Gasteiger partial charge in [-0.3, -0.25) is 4.79 Å². The summed E-state index contributed by atoms with van der Waals surface area (Å²) in [5.41, 5.74) is -4.82. The maximum Gasteiger partial charge on any atom is 0.501 e. The Balaban J connectivity index is 1.39. The number of cyclic esters (lactones) is 1. The van der Waals surface area contributed by atoms with Crippen LogP contribution < -0.4 is 5.32 Å². The molecule has 0 spiro atoms. The lowest BCUT2D eigenvalue weighted by molar-refractivity contribution is -0.146. The van der Waals surface area contributed by atoms with Crippen LogP contribution in [-0.2, 0) is 30.7 Å². The molecule has 0 radical (unpaired) electrons. The van der Waals surface area contributed by atoms with Crippen molar-refractivity contribution in [2.45, 2.75) is 42.0 Å². The number of alkyl halides is 3. The van der Waals surface area contributed by atoms with Crippen LogP contribution in [0.25, 0.3) is 0 Å². The van der Waals surface area contributed by atoms with Gasteiger partial charge in [0.1, 0.15) is 6.61 Å². The molecule has 0 aromatic heterocycles. The van der Waals surface area contributed by atoms with Crippen LogP contribution in [-0.4, -0.2) is 62.7 Å². The monoisotopic (exact) mass is 436 g/mol. The number of carbonyl (C=O) groups excluding carboxylic acids is 2. The second-order valence-corrected chi connectivity index (χ2v) is 8.74. The predicted octanol–water partition coefficient (Wildman–Crippen LogP) is 1.60. The number of likely N-dealkylation sites (tertiary alicyclic amines) is 1. The van der Waals surface area contributed by atoms with Crippen LogP contribution in [0, 0.1) is 0 Å². The highest BCUT2D eigenvalue weighted by Gasteiger charge is 2.46. The molecule has 2 amide bonds. The highest BCUT2D eigenvalue weighted by Crippen LogP contribution is 2.30. The van der Waals surface area contributed by atoms with E-state index in [1.807, 2.05) is 0 Å². The minimum Gasteiger partial charge on any atom is -0.447 e. The van der Waals surface area contributed by atoms with Crippen LogP contribution in [0.3, 0.4) is 0 Å². The van der Waals surface area contributed by atoms with E-state index in [2.05, 4.69) is 5.32 Å². The van der Waals surface area contributed by atoms with Crippen LogP contribution in [0.4, 0.5) is 18.0 Å². The van der Waals surface area contributed by atoms with Gasteiger partial charge >= 0.3 is 11.6 Å². The lowest BCUT2D eigenvalue weighted by Gasteiger charge is -2.39. The smallest absolute Gasteiger partial charge is 0.447 e. The van der Waals surface area contributed by atoms with E-state index in [9.17, 15) is 31.2 Å². The van der Waals surface area contributed by atoms with Crippen molar-refractivity contribution < 1.29 is 40.7 Å². The highest BCUT2D eigenvalue weighted by molar-refractivity contribution is 7.92. The summed E-state index contributed by atoms with van der Waals surface area (Å²) in [6, 6.07) is 4.15. The first-order chi connectivity index (χ1) is 13.6. The topological polar surface area (TPSA) is 102 Å². The minimum atomic E-state index is -5.37. The lowest BCUT2D eigenvalue weighted by Crippen LogP contribution is -2.54. The van der Waals surface area contributed by atoms with Crippen molar-refractivity contribution in [2.75, 3.05) is 19.7 Å². The zero-order valence-corrected chi connectivity index (χ0v) is 16.0. The van der Waals surface area contributed by atoms with E-state index in [0.717, 1.165) is 12.1 Å². The highest BCUT2D eigenvalue weighted by atomic mass is 32.2. The molecule has 160 valence electrons. The van der Waals surface area contributed by atoms with Gasteiger partial charge < -0.3 is 19.7 Å². The number of alkyl carbamates (subject to hydrolysis) is 1. The fraction of sp³-hybridized carbons (Fsp3) is 0.529. The minimum absolute atomic E-state index is 0.0623. The van der Waals surface area contributed by atoms with Gasteiger partial charge in [0, 0.05) is 19.5 Å². The molecular formula is C17H19F3N2O6S. The van der Waals surface area contributed by atoms with Gasteiger partial charge in [-0.15, -0.1) is 0 Å². The van der Waals surface area contributed by atoms with Crippen LogP contribution >= 0.6 is 0 Å². The van der Waals surface area contributed by atoms with E-state index in [0.29, 0.717) is 25.1 Å². The number of hydrogen-bond acceptors (Lipinski definition) is 6. The number of carbonyl (C=O) groups is 2. The number of nitrogens with one attached hydrogen (secondary N) is 1. The SMILES string of the molecule is O=C1N[C@H](CCC(=O)N2CC(OCc3ccc(S(=O)(=O)C(F)(F)F)cc3)C2)CO1. The van der Waals surface area contributed by atoms with Gasteiger partial charge in [0.2, 0.25) is 5.91 Å². The van der Waals surface area contributed by atoms with Gasteiger partial charge in [-0.25, -0.2) is 13.2 Å². The van der Waals surface area contributed by atoms with E-state index >= 15 is 0 Å². The Morgan fingerprint density at radius 2 is 1.90 bits per heavy atom. The number of sulfone groups is 1. The molecule has 1 aromatic carbocycles. The van der Waals surface area contributed by atoms with Gasteiger partial charge in [-0.05, 0) is 24.1 Å². The number of nitrogens with zero attached hydrogens (tertiary/aromatic N) is 1. The molecular weight excluding hydrogens is 417 g/mol. The maximum absolute atomic E-state index is 12.5. The molecule has 29 heavy (non-hydrogen) atoms. The molecule has 2 saturated heterocycles. The van der Waals surface area contributed by atoms with Gasteiger partial charge in [0.15, 0.2) is 0 Å². The van der Waals surface area contributed by atoms with E-state index in [1.165, 1.54) is 12.1 Å². The quantitative estimate of drug-likeness (QED) is 0.697. The Hall–Kier alpha value is -2.34. The molecule has 0 bridgehead atoms. The average molecular weight is 436 g/mol. The molecule has 1 atom stereocenters. The first-order valence-corrected chi connectivity index (χ1v) is 10.3. The summed E-state index contributed by atoms with van der Waals surface area (Å²) in [7, 11) is -5.37. The second-order valence-electron chi connectivity index (χ2n) is 6.80. The predicted molar refractivity (Wildman–Crippen MR) is 92.3 cm³/mol. The van der Waals surface area contributed by atoms with Crippen molar-refractivity contribution in [3.63, 3.8) is 0 Å². The van der Waals surface area contributed by atoms with Gasteiger partial charge in [-0.1, -0.05) is 12.1 Å². The largest absolute Gasteiger partial charge is 0.501 e. The summed E-state index contributed by atoms with van der Waals surface area (Å²) in [5.74, 6) is -0.0623. The first-order valence-electron chi connectivity index (χ1n) is 8.79. The summed E-state index contributed by atoms with van der Waals surface area (Å²) >= 11 is 0. The number of amides is 2. The van der Waals surface area contributed by atoms with Crippen molar-refractivity contribution >= 4 is 21.8 Å². The fourth-order valence-corrected chi connectivity index (χ4v) is 3.66. The van der Waals surface area contributed by atoms with Gasteiger partial charge in [0.05, 0.1) is 23.6 Å². The maximum atomic E-state index is 12.5. The Labute approximate surface area is 164 Å². The Morgan fingerprint density at radius 1 is 1.24 bits per heavy atom. The molecule has 0 aliphatic carbocycles. The number of ether oxygens (including phenoxy) is 2. The van der Waals surface area contributed by atoms with E-state index < -0.39 is 26.3 Å². The standard InChI is InChI=1S/C17H19F3N2O6S/c18-17(19,20)29(25,26)14-4-1-11(2-5-14)9-27-13-7-22(8-13)15(23)6-3-12-10-28-16(24)21-12/h1-2,4-5,12-13H,3,6-10H2,(H,21,24)/t12-/m1/s1. The molecule has 1 aromatic rings.